The van der Waals surface area contributed by atoms with Crippen molar-refractivity contribution >= 4 is 5.91 Å². The predicted octanol–water partition coefficient (Wildman–Crippen LogP) is 2.68. The summed E-state index contributed by atoms with van der Waals surface area (Å²) >= 11 is 0. The number of benzene rings is 1. The summed E-state index contributed by atoms with van der Waals surface area (Å²) in [5, 5.41) is 0. The van der Waals surface area contributed by atoms with Crippen LogP contribution >= 0.6 is 0 Å². The minimum Gasteiger partial charge on any atom is -0.496 e. The summed E-state index contributed by atoms with van der Waals surface area (Å²) in [7, 11) is 1.72. The standard InChI is InChI=1S/C19H24N2O3/c1-23-18-7-3-2-5-16(18)6-4-9-20-10-12-21(13-11-20)19(22)17-8-14-24-15-17/h2-3,5,7-8,14-15H,4,6,9-13H2,1H3. The summed E-state index contributed by atoms with van der Waals surface area (Å²) < 4.78 is 10.4. The smallest absolute Gasteiger partial charge is 0.257 e. The third-order valence-corrected chi connectivity index (χ3v) is 4.54. The molecule has 1 aliphatic heterocycles. The molecule has 2 aromatic rings. The van der Waals surface area contributed by atoms with Crippen LogP contribution in [0.15, 0.2) is 47.3 Å². The van der Waals surface area contributed by atoms with Gasteiger partial charge in [-0.25, -0.2) is 0 Å². The Kier molecular flexibility index (Phi) is 5.54. The highest BCUT2D eigenvalue weighted by Gasteiger charge is 2.22. The second-order valence-corrected chi connectivity index (χ2v) is 6.06. The number of carbonyl (C=O) groups is 1. The van der Waals surface area contributed by atoms with Gasteiger partial charge in [0.15, 0.2) is 0 Å². The van der Waals surface area contributed by atoms with Gasteiger partial charge >= 0.3 is 0 Å². The Morgan fingerprint density at radius 3 is 2.67 bits per heavy atom. The van der Waals surface area contributed by atoms with E-state index in [1.807, 2.05) is 17.0 Å². The van der Waals surface area contributed by atoms with E-state index in [9.17, 15) is 4.79 Å². The van der Waals surface area contributed by atoms with Crippen LogP contribution in [-0.2, 0) is 6.42 Å². The third kappa shape index (κ3) is 3.97. The molecule has 0 bridgehead atoms. The van der Waals surface area contributed by atoms with Crippen LogP contribution in [0.3, 0.4) is 0 Å². The van der Waals surface area contributed by atoms with Gasteiger partial charge in [0.1, 0.15) is 12.0 Å². The zero-order valence-corrected chi connectivity index (χ0v) is 14.1. The molecule has 1 aromatic heterocycles. The molecule has 5 nitrogen and oxygen atoms in total. The molecule has 0 atom stereocenters. The highest BCUT2D eigenvalue weighted by atomic mass is 16.5. The molecule has 1 amide bonds. The van der Waals surface area contributed by atoms with Crippen LogP contribution in [0.1, 0.15) is 22.3 Å². The topological polar surface area (TPSA) is 45.9 Å². The Morgan fingerprint density at radius 2 is 1.96 bits per heavy atom. The monoisotopic (exact) mass is 328 g/mol. The maximum absolute atomic E-state index is 12.3. The molecule has 2 heterocycles. The lowest BCUT2D eigenvalue weighted by atomic mass is 10.1. The van der Waals surface area contributed by atoms with E-state index in [1.165, 1.54) is 11.8 Å². The molecular weight excluding hydrogens is 304 g/mol. The van der Waals surface area contributed by atoms with Crippen molar-refractivity contribution < 1.29 is 13.9 Å². The fraction of sp³-hybridized carbons (Fsp3) is 0.421. The molecule has 1 fully saturated rings. The summed E-state index contributed by atoms with van der Waals surface area (Å²) in [6.07, 6.45) is 5.16. The first-order valence-corrected chi connectivity index (χ1v) is 8.43. The predicted molar refractivity (Wildman–Crippen MR) is 92.4 cm³/mol. The number of furan rings is 1. The molecule has 1 aliphatic rings. The molecule has 1 aromatic carbocycles. The molecule has 5 heteroatoms. The van der Waals surface area contributed by atoms with Crippen molar-refractivity contribution in [2.45, 2.75) is 12.8 Å². The van der Waals surface area contributed by atoms with Crippen molar-refractivity contribution in [3.63, 3.8) is 0 Å². The maximum Gasteiger partial charge on any atom is 0.257 e. The van der Waals surface area contributed by atoms with Crippen molar-refractivity contribution in [3.05, 3.63) is 54.0 Å². The minimum atomic E-state index is 0.0671. The Morgan fingerprint density at radius 1 is 1.17 bits per heavy atom. The molecule has 24 heavy (non-hydrogen) atoms. The Balaban J connectivity index is 1.42. The summed E-state index contributed by atoms with van der Waals surface area (Å²) in [5.74, 6) is 1.03. The molecule has 0 radical (unpaired) electrons. The number of rotatable bonds is 6. The molecule has 1 saturated heterocycles. The van der Waals surface area contributed by atoms with E-state index in [0.717, 1.165) is 51.3 Å². The van der Waals surface area contributed by atoms with Crippen molar-refractivity contribution in [3.8, 4) is 5.75 Å². The largest absolute Gasteiger partial charge is 0.496 e. The Hall–Kier alpha value is -2.27. The molecule has 0 saturated carbocycles. The number of amides is 1. The lowest BCUT2D eigenvalue weighted by molar-refractivity contribution is 0.0635. The minimum absolute atomic E-state index is 0.0671. The first-order chi connectivity index (χ1) is 11.8. The van der Waals surface area contributed by atoms with Crippen molar-refractivity contribution in [1.29, 1.82) is 0 Å². The highest BCUT2D eigenvalue weighted by molar-refractivity contribution is 5.93. The van der Waals surface area contributed by atoms with E-state index < -0.39 is 0 Å². The first-order valence-electron chi connectivity index (χ1n) is 8.43. The van der Waals surface area contributed by atoms with E-state index >= 15 is 0 Å². The summed E-state index contributed by atoms with van der Waals surface area (Å²) in [4.78, 5) is 16.6. The highest BCUT2D eigenvalue weighted by Crippen LogP contribution is 2.19. The quantitative estimate of drug-likeness (QED) is 0.818. The number of methoxy groups -OCH3 is 1. The van der Waals surface area contributed by atoms with E-state index in [0.29, 0.717) is 5.56 Å². The number of hydrogen-bond donors (Lipinski definition) is 0. The number of piperazine rings is 1. The second-order valence-electron chi connectivity index (χ2n) is 6.06. The normalized spacial score (nSPS) is 15.5. The fourth-order valence-electron chi connectivity index (χ4n) is 3.15. The third-order valence-electron chi connectivity index (χ3n) is 4.54. The van der Waals surface area contributed by atoms with E-state index in [-0.39, 0.29) is 5.91 Å². The van der Waals surface area contributed by atoms with Crippen LogP contribution in [-0.4, -0.2) is 55.5 Å². The fourth-order valence-corrected chi connectivity index (χ4v) is 3.15. The summed E-state index contributed by atoms with van der Waals surface area (Å²) in [6, 6.07) is 9.91. The number of ether oxygens (including phenoxy) is 1. The van der Waals surface area contributed by atoms with Crippen LogP contribution in [0.5, 0.6) is 5.75 Å². The van der Waals surface area contributed by atoms with Gasteiger partial charge < -0.3 is 14.1 Å². The summed E-state index contributed by atoms with van der Waals surface area (Å²) in [6.45, 7) is 4.45. The van der Waals surface area contributed by atoms with Crippen LogP contribution in [0.25, 0.3) is 0 Å². The zero-order valence-electron chi connectivity index (χ0n) is 14.1. The van der Waals surface area contributed by atoms with Gasteiger partial charge in [-0.05, 0) is 37.1 Å². The van der Waals surface area contributed by atoms with Crippen LogP contribution in [0, 0.1) is 0 Å². The molecule has 0 aliphatic carbocycles. The number of aryl methyl sites for hydroxylation is 1. The van der Waals surface area contributed by atoms with Gasteiger partial charge in [-0.3, -0.25) is 9.69 Å². The molecule has 0 N–H and O–H groups in total. The molecule has 0 unspecified atom stereocenters. The first kappa shape index (κ1) is 16.6. The molecule has 128 valence electrons. The number of para-hydroxylation sites is 1. The van der Waals surface area contributed by atoms with Crippen LogP contribution in [0.4, 0.5) is 0 Å². The number of hydrogen-bond acceptors (Lipinski definition) is 4. The van der Waals surface area contributed by atoms with E-state index in [1.54, 1.807) is 19.4 Å². The van der Waals surface area contributed by atoms with Crippen molar-refractivity contribution in [1.82, 2.24) is 9.80 Å². The van der Waals surface area contributed by atoms with Gasteiger partial charge in [0, 0.05) is 26.2 Å². The molecular formula is C19H24N2O3. The zero-order chi connectivity index (χ0) is 16.8. The van der Waals surface area contributed by atoms with E-state index in [4.69, 9.17) is 9.15 Å². The summed E-state index contributed by atoms with van der Waals surface area (Å²) in [5.41, 5.74) is 1.90. The molecule has 3 rings (SSSR count). The second kappa shape index (κ2) is 8.02. The van der Waals surface area contributed by atoms with Gasteiger partial charge in [0.25, 0.3) is 5.91 Å². The lowest BCUT2D eigenvalue weighted by Crippen LogP contribution is -2.48. The average molecular weight is 328 g/mol. The van der Waals surface area contributed by atoms with Gasteiger partial charge in [0.05, 0.1) is 18.9 Å². The van der Waals surface area contributed by atoms with Crippen molar-refractivity contribution in [2.24, 2.45) is 0 Å². The van der Waals surface area contributed by atoms with Crippen LogP contribution in [0.2, 0.25) is 0 Å². The molecule has 0 spiro atoms. The number of carbonyl (C=O) groups excluding carboxylic acids is 1. The van der Waals surface area contributed by atoms with Crippen molar-refractivity contribution in [2.75, 3.05) is 39.8 Å². The average Bonchev–Trinajstić information content (AvgIpc) is 3.17. The van der Waals surface area contributed by atoms with Gasteiger partial charge in [-0.2, -0.15) is 0 Å². The Labute approximate surface area is 142 Å². The SMILES string of the molecule is COc1ccccc1CCCN1CCN(C(=O)c2ccoc2)CC1. The Bertz CT molecular complexity index is 646. The number of nitrogens with zero attached hydrogens (tertiary/aromatic N) is 2. The van der Waals surface area contributed by atoms with Gasteiger partial charge in [-0.15, -0.1) is 0 Å². The van der Waals surface area contributed by atoms with Gasteiger partial charge in [0.2, 0.25) is 0 Å². The lowest BCUT2D eigenvalue weighted by Gasteiger charge is -2.34. The maximum atomic E-state index is 12.3. The van der Waals surface area contributed by atoms with Crippen LogP contribution < -0.4 is 4.74 Å². The van der Waals surface area contributed by atoms with E-state index in [2.05, 4.69) is 17.0 Å². The van der Waals surface area contributed by atoms with Gasteiger partial charge in [-0.1, -0.05) is 18.2 Å².